The van der Waals surface area contributed by atoms with E-state index in [0.717, 1.165) is 6.08 Å². The van der Waals surface area contributed by atoms with Gasteiger partial charge in [-0.05, 0) is 35.8 Å². The van der Waals surface area contributed by atoms with Crippen molar-refractivity contribution in [3.63, 3.8) is 0 Å². The van der Waals surface area contributed by atoms with Gasteiger partial charge in [-0.3, -0.25) is 0 Å². The molecule has 0 aromatic heterocycles. The van der Waals surface area contributed by atoms with Gasteiger partial charge in [0.05, 0.1) is 31.5 Å². The van der Waals surface area contributed by atoms with Gasteiger partial charge in [-0.1, -0.05) is 18.2 Å². The number of aliphatic hydroxyl groups excluding tert-OH is 4. The third kappa shape index (κ3) is 5.90. The molecule has 4 rings (SSSR count). The average molecular weight is 535 g/mol. The predicted molar refractivity (Wildman–Crippen MR) is 128 cm³/mol. The standard InChI is InChI=1S/C26H30O12/c1-34-24(33)17-11-36-25(20-14(10-27)5-8-16(17)20)38-26-23(32)22(31)21(30)18(37-26)12-35-19(29)9-4-13-2-6-15(28)7-3-13/h2-7,9,11,16,18,20-23,25-28,30-32H,8,10,12H2,1H3/t16-,18-,20-,21-,22+,23-,25-,26-/m1/s1. The molecule has 0 saturated carbocycles. The number of carbonyl (C=O) groups excluding carboxylic acids is 2. The molecule has 2 heterocycles. The molecular weight excluding hydrogens is 504 g/mol. The molecule has 1 fully saturated rings. The SMILES string of the molecule is COC(=O)C1=CO[C@H](O[C@H]2O[C@H](COC(=O)C=Cc3ccc(O)cc3)[C@@H](O)[C@H](O)[C@H]2O)[C@@H]2C(CO)=CC[C@H]12. The van der Waals surface area contributed by atoms with Crippen LogP contribution in [0.5, 0.6) is 5.75 Å². The summed E-state index contributed by atoms with van der Waals surface area (Å²) in [6, 6.07) is 6.10. The van der Waals surface area contributed by atoms with Gasteiger partial charge >= 0.3 is 11.9 Å². The predicted octanol–water partition coefficient (Wildman–Crippen LogP) is -0.259. The van der Waals surface area contributed by atoms with Crippen LogP contribution in [0.3, 0.4) is 0 Å². The van der Waals surface area contributed by atoms with Gasteiger partial charge in [0, 0.05) is 12.0 Å². The molecular formula is C26H30O12. The minimum Gasteiger partial charge on any atom is -0.508 e. The average Bonchev–Trinajstić information content (AvgIpc) is 3.36. The van der Waals surface area contributed by atoms with Crippen molar-refractivity contribution < 1.29 is 58.8 Å². The van der Waals surface area contributed by atoms with E-state index in [9.17, 15) is 35.1 Å². The number of aliphatic hydroxyl groups is 4. The Morgan fingerprint density at radius 2 is 1.82 bits per heavy atom. The van der Waals surface area contributed by atoms with E-state index in [1.807, 2.05) is 0 Å². The quantitative estimate of drug-likeness (QED) is 0.168. The first-order valence-electron chi connectivity index (χ1n) is 12.0. The lowest BCUT2D eigenvalue weighted by molar-refractivity contribution is -0.339. The fourth-order valence-corrected chi connectivity index (χ4v) is 4.68. The number of hydrogen-bond donors (Lipinski definition) is 5. The lowest BCUT2D eigenvalue weighted by atomic mass is 9.83. The van der Waals surface area contributed by atoms with Crippen LogP contribution in [0, 0.1) is 11.8 Å². The largest absolute Gasteiger partial charge is 0.508 e. The summed E-state index contributed by atoms with van der Waals surface area (Å²) in [4.78, 5) is 24.3. The van der Waals surface area contributed by atoms with Crippen molar-refractivity contribution in [2.75, 3.05) is 20.3 Å². The number of fused-ring (bicyclic) bond motifs is 1. The van der Waals surface area contributed by atoms with Crippen LogP contribution in [-0.4, -0.2) is 94.8 Å². The minimum atomic E-state index is -1.69. The molecule has 1 aromatic rings. The van der Waals surface area contributed by atoms with Gasteiger partial charge < -0.3 is 49.2 Å². The molecule has 1 aliphatic carbocycles. The van der Waals surface area contributed by atoms with Crippen LogP contribution in [-0.2, 0) is 33.3 Å². The van der Waals surface area contributed by atoms with E-state index in [1.165, 1.54) is 31.6 Å². The Labute approximate surface area is 218 Å². The lowest BCUT2D eigenvalue weighted by Crippen LogP contribution is -2.60. The number of benzene rings is 1. The zero-order valence-corrected chi connectivity index (χ0v) is 20.5. The molecule has 8 atom stereocenters. The Kier molecular flexibility index (Phi) is 8.82. The van der Waals surface area contributed by atoms with E-state index in [0.29, 0.717) is 17.6 Å². The zero-order chi connectivity index (χ0) is 27.4. The van der Waals surface area contributed by atoms with Crippen molar-refractivity contribution in [2.45, 2.75) is 43.4 Å². The second kappa shape index (κ2) is 12.1. The van der Waals surface area contributed by atoms with Crippen LogP contribution in [0.1, 0.15) is 12.0 Å². The third-order valence-corrected chi connectivity index (χ3v) is 6.75. The van der Waals surface area contributed by atoms with Crippen LogP contribution in [0.2, 0.25) is 0 Å². The summed E-state index contributed by atoms with van der Waals surface area (Å²) in [6.45, 7) is -0.778. The molecule has 1 aromatic carbocycles. The second-order valence-corrected chi connectivity index (χ2v) is 9.08. The molecule has 0 amide bonds. The first-order valence-corrected chi connectivity index (χ1v) is 12.0. The maximum absolute atomic E-state index is 12.2. The van der Waals surface area contributed by atoms with Gasteiger partial charge in [-0.25, -0.2) is 9.59 Å². The Balaban J connectivity index is 1.41. The van der Waals surface area contributed by atoms with Gasteiger partial charge in [-0.2, -0.15) is 0 Å². The fraction of sp³-hybridized carbons (Fsp3) is 0.462. The molecule has 2 aliphatic heterocycles. The van der Waals surface area contributed by atoms with E-state index < -0.39 is 67.4 Å². The van der Waals surface area contributed by atoms with E-state index >= 15 is 0 Å². The normalized spacial score (nSPS) is 32.7. The number of esters is 2. The van der Waals surface area contributed by atoms with Crippen LogP contribution in [0.25, 0.3) is 6.08 Å². The summed E-state index contributed by atoms with van der Waals surface area (Å²) in [6.07, 6.45) is -2.81. The summed E-state index contributed by atoms with van der Waals surface area (Å²) >= 11 is 0. The minimum absolute atomic E-state index is 0.0799. The van der Waals surface area contributed by atoms with Crippen LogP contribution in [0.15, 0.2) is 53.8 Å². The fourth-order valence-electron chi connectivity index (χ4n) is 4.68. The van der Waals surface area contributed by atoms with Crippen molar-refractivity contribution in [1.29, 1.82) is 0 Å². The molecule has 0 unspecified atom stereocenters. The molecule has 3 aliphatic rings. The van der Waals surface area contributed by atoms with E-state index in [-0.39, 0.29) is 17.9 Å². The molecule has 0 radical (unpaired) electrons. The molecule has 5 N–H and O–H groups in total. The van der Waals surface area contributed by atoms with E-state index in [1.54, 1.807) is 18.2 Å². The molecule has 206 valence electrons. The first kappa shape index (κ1) is 27.8. The van der Waals surface area contributed by atoms with Crippen LogP contribution in [0.4, 0.5) is 0 Å². The Bertz CT molecular complexity index is 1090. The summed E-state index contributed by atoms with van der Waals surface area (Å²) in [5.74, 6) is -2.26. The topological polar surface area (TPSA) is 181 Å². The van der Waals surface area contributed by atoms with E-state index in [4.69, 9.17) is 23.7 Å². The lowest BCUT2D eigenvalue weighted by Gasteiger charge is -2.43. The second-order valence-electron chi connectivity index (χ2n) is 9.08. The van der Waals surface area contributed by atoms with Crippen molar-refractivity contribution in [1.82, 2.24) is 0 Å². The van der Waals surface area contributed by atoms with Crippen molar-refractivity contribution in [2.24, 2.45) is 11.8 Å². The number of phenols is 1. The monoisotopic (exact) mass is 534 g/mol. The summed E-state index contributed by atoms with van der Waals surface area (Å²) in [7, 11) is 1.24. The van der Waals surface area contributed by atoms with Gasteiger partial charge in [0.15, 0.2) is 6.29 Å². The Morgan fingerprint density at radius 3 is 2.50 bits per heavy atom. The molecule has 0 spiro atoms. The highest BCUT2D eigenvalue weighted by atomic mass is 16.8. The smallest absolute Gasteiger partial charge is 0.337 e. The van der Waals surface area contributed by atoms with E-state index in [2.05, 4.69) is 0 Å². The van der Waals surface area contributed by atoms with Crippen molar-refractivity contribution in [3.05, 3.63) is 59.4 Å². The number of carbonyl (C=O) groups is 2. The summed E-state index contributed by atoms with van der Waals surface area (Å²) in [5.41, 5.74) is 1.47. The maximum atomic E-state index is 12.2. The number of aromatic hydroxyl groups is 1. The van der Waals surface area contributed by atoms with Gasteiger partial charge in [0.25, 0.3) is 0 Å². The Hall–Kier alpha value is -3.26. The zero-order valence-electron chi connectivity index (χ0n) is 20.5. The molecule has 12 nitrogen and oxygen atoms in total. The molecule has 38 heavy (non-hydrogen) atoms. The van der Waals surface area contributed by atoms with Crippen molar-refractivity contribution >= 4 is 18.0 Å². The van der Waals surface area contributed by atoms with Gasteiger partial charge in [0.2, 0.25) is 6.29 Å². The maximum Gasteiger partial charge on any atom is 0.337 e. The molecule has 12 heteroatoms. The summed E-state index contributed by atoms with van der Waals surface area (Å²) < 4.78 is 27.0. The highest BCUT2D eigenvalue weighted by Gasteiger charge is 2.50. The van der Waals surface area contributed by atoms with Gasteiger partial charge in [-0.15, -0.1) is 0 Å². The van der Waals surface area contributed by atoms with Crippen molar-refractivity contribution in [3.8, 4) is 5.75 Å². The Morgan fingerprint density at radius 1 is 1.08 bits per heavy atom. The number of ether oxygens (including phenoxy) is 5. The number of phenolic OH excluding ortho intramolecular Hbond substituents is 1. The highest BCUT2D eigenvalue weighted by Crippen LogP contribution is 2.44. The van der Waals surface area contributed by atoms with Crippen LogP contribution < -0.4 is 0 Å². The highest BCUT2D eigenvalue weighted by molar-refractivity contribution is 5.89. The molecule has 1 saturated heterocycles. The van der Waals surface area contributed by atoms with Crippen LogP contribution >= 0.6 is 0 Å². The molecule has 0 bridgehead atoms. The number of rotatable bonds is 8. The third-order valence-electron chi connectivity index (χ3n) is 6.75. The number of hydrogen-bond acceptors (Lipinski definition) is 12. The van der Waals surface area contributed by atoms with Gasteiger partial charge in [0.1, 0.15) is 36.8 Å². The first-order chi connectivity index (χ1) is 18.2. The number of methoxy groups -OCH3 is 1. The number of allylic oxidation sites excluding steroid dienone is 1. The summed E-state index contributed by atoms with van der Waals surface area (Å²) in [5, 5.41) is 50.4.